The molecule has 0 amide bonds. The van der Waals surface area contributed by atoms with E-state index in [1.807, 2.05) is 24.3 Å². The summed E-state index contributed by atoms with van der Waals surface area (Å²) >= 11 is 0. The van der Waals surface area contributed by atoms with Crippen molar-refractivity contribution in [3.63, 3.8) is 0 Å². The van der Waals surface area contributed by atoms with Crippen LogP contribution in [0.25, 0.3) is 11.0 Å². The van der Waals surface area contributed by atoms with Crippen LogP contribution in [0.1, 0.15) is 5.76 Å². The zero-order valence-corrected chi connectivity index (χ0v) is 11.1. The molecule has 5 heteroatoms. The van der Waals surface area contributed by atoms with Crippen molar-refractivity contribution >= 4 is 16.9 Å². The van der Waals surface area contributed by atoms with Gasteiger partial charge >= 0.3 is 0 Å². The van der Waals surface area contributed by atoms with Crippen molar-refractivity contribution in [1.82, 2.24) is 5.32 Å². The van der Waals surface area contributed by atoms with E-state index in [4.69, 9.17) is 14.9 Å². The van der Waals surface area contributed by atoms with E-state index in [-0.39, 0.29) is 0 Å². The van der Waals surface area contributed by atoms with Gasteiger partial charge in [0.2, 0.25) is 0 Å². The maximum atomic E-state index is 5.71. The molecule has 0 atom stereocenters. The van der Waals surface area contributed by atoms with Gasteiger partial charge in [-0.15, -0.1) is 0 Å². The molecular weight excluding hydrogens is 242 g/mol. The van der Waals surface area contributed by atoms with Crippen molar-refractivity contribution in [3.8, 4) is 0 Å². The molecule has 0 bridgehead atoms. The molecule has 0 fully saturated rings. The minimum Gasteiger partial charge on any atom is -0.461 e. The van der Waals surface area contributed by atoms with E-state index in [0.29, 0.717) is 25.7 Å². The molecule has 0 aliphatic carbocycles. The fourth-order valence-corrected chi connectivity index (χ4v) is 1.79. The fraction of sp³-hybridized carbons (Fsp3) is 0.357. The topological polar surface area (TPSA) is 72.8 Å². The summed E-state index contributed by atoms with van der Waals surface area (Å²) in [6, 6.07) is 10.0. The number of rotatable bonds is 6. The zero-order valence-electron chi connectivity index (χ0n) is 11.1. The quantitative estimate of drug-likeness (QED) is 0.470. The SMILES string of the molecule is COCCN=C(N)NCCc1cc2ccccc2o1. The number of hydrogen-bond acceptors (Lipinski definition) is 3. The Morgan fingerprint density at radius 3 is 3.05 bits per heavy atom. The van der Waals surface area contributed by atoms with Gasteiger partial charge in [-0.3, -0.25) is 4.99 Å². The highest BCUT2D eigenvalue weighted by atomic mass is 16.5. The van der Waals surface area contributed by atoms with Gasteiger partial charge in [0.25, 0.3) is 0 Å². The van der Waals surface area contributed by atoms with Crippen LogP contribution < -0.4 is 11.1 Å². The van der Waals surface area contributed by atoms with Crippen LogP contribution in [0, 0.1) is 0 Å². The second-order valence-corrected chi connectivity index (χ2v) is 4.19. The van der Waals surface area contributed by atoms with E-state index in [1.54, 1.807) is 7.11 Å². The van der Waals surface area contributed by atoms with E-state index in [0.717, 1.165) is 23.2 Å². The Kier molecular flexibility index (Phi) is 4.80. The Hall–Kier alpha value is -2.01. The first-order valence-electron chi connectivity index (χ1n) is 6.30. The molecule has 19 heavy (non-hydrogen) atoms. The molecule has 0 spiro atoms. The standard InChI is InChI=1S/C14H19N3O2/c1-18-9-8-17-14(15)16-7-6-12-10-11-4-2-3-5-13(11)19-12/h2-5,10H,6-9H2,1H3,(H3,15,16,17). The number of ether oxygens (including phenoxy) is 1. The number of nitrogens with one attached hydrogen (secondary N) is 1. The third kappa shape index (κ3) is 3.99. The maximum absolute atomic E-state index is 5.71. The summed E-state index contributed by atoms with van der Waals surface area (Å²) < 4.78 is 10.6. The third-order valence-corrected chi connectivity index (χ3v) is 2.73. The number of aliphatic imine (C=N–C) groups is 1. The number of para-hydroxylation sites is 1. The lowest BCUT2D eigenvalue weighted by molar-refractivity contribution is 0.208. The summed E-state index contributed by atoms with van der Waals surface area (Å²) in [7, 11) is 1.64. The number of methoxy groups -OCH3 is 1. The Balaban J connectivity index is 1.80. The first kappa shape index (κ1) is 13.4. The molecule has 0 saturated heterocycles. The largest absolute Gasteiger partial charge is 0.461 e. The van der Waals surface area contributed by atoms with Gasteiger partial charge < -0.3 is 20.2 Å². The molecule has 0 aliphatic rings. The van der Waals surface area contributed by atoms with Crippen molar-refractivity contribution < 1.29 is 9.15 Å². The number of guanidine groups is 1. The highest BCUT2D eigenvalue weighted by molar-refractivity contribution is 5.78. The van der Waals surface area contributed by atoms with E-state index >= 15 is 0 Å². The van der Waals surface area contributed by atoms with Crippen LogP contribution in [0.2, 0.25) is 0 Å². The average molecular weight is 261 g/mol. The van der Waals surface area contributed by atoms with Crippen molar-refractivity contribution in [2.24, 2.45) is 10.7 Å². The molecule has 1 aromatic heterocycles. The molecule has 1 aromatic carbocycles. The Bertz CT molecular complexity index is 515. The minimum atomic E-state index is 0.438. The normalized spacial score (nSPS) is 11.9. The van der Waals surface area contributed by atoms with Gasteiger partial charge in [0.05, 0.1) is 13.2 Å². The maximum Gasteiger partial charge on any atom is 0.188 e. The first-order chi connectivity index (χ1) is 9.29. The van der Waals surface area contributed by atoms with Crippen molar-refractivity contribution in [1.29, 1.82) is 0 Å². The summed E-state index contributed by atoms with van der Waals surface area (Å²) in [5.41, 5.74) is 6.62. The number of nitrogens with zero attached hydrogens (tertiary/aromatic N) is 1. The van der Waals surface area contributed by atoms with Gasteiger partial charge in [0.15, 0.2) is 5.96 Å². The number of hydrogen-bond donors (Lipinski definition) is 2. The molecule has 2 aromatic rings. The molecule has 0 saturated carbocycles. The summed E-state index contributed by atoms with van der Waals surface area (Å²) in [6.45, 7) is 1.84. The highest BCUT2D eigenvalue weighted by Gasteiger charge is 2.02. The average Bonchev–Trinajstić information content (AvgIpc) is 2.81. The lowest BCUT2D eigenvalue weighted by Gasteiger charge is -2.03. The summed E-state index contributed by atoms with van der Waals surface area (Å²) in [4.78, 5) is 4.12. The van der Waals surface area contributed by atoms with Crippen LogP contribution in [-0.2, 0) is 11.2 Å². The second-order valence-electron chi connectivity index (χ2n) is 4.19. The molecule has 102 valence electrons. The molecular formula is C14H19N3O2. The molecule has 0 unspecified atom stereocenters. The van der Waals surface area contributed by atoms with Gasteiger partial charge in [-0.05, 0) is 12.1 Å². The van der Waals surface area contributed by atoms with E-state index in [9.17, 15) is 0 Å². The predicted molar refractivity (Wildman–Crippen MR) is 76.3 cm³/mol. The molecule has 2 rings (SSSR count). The smallest absolute Gasteiger partial charge is 0.188 e. The number of furan rings is 1. The van der Waals surface area contributed by atoms with Gasteiger partial charge in [0, 0.05) is 25.5 Å². The van der Waals surface area contributed by atoms with Gasteiger partial charge in [0.1, 0.15) is 11.3 Å². The Morgan fingerprint density at radius 1 is 1.42 bits per heavy atom. The monoisotopic (exact) mass is 261 g/mol. The van der Waals surface area contributed by atoms with Crippen LogP contribution >= 0.6 is 0 Å². The first-order valence-corrected chi connectivity index (χ1v) is 6.30. The van der Waals surface area contributed by atoms with E-state index in [1.165, 1.54) is 0 Å². The summed E-state index contributed by atoms with van der Waals surface area (Å²) in [6.07, 6.45) is 0.773. The van der Waals surface area contributed by atoms with Crippen LogP contribution in [0.4, 0.5) is 0 Å². The molecule has 1 heterocycles. The minimum absolute atomic E-state index is 0.438. The fourth-order valence-electron chi connectivity index (χ4n) is 1.79. The Morgan fingerprint density at radius 2 is 2.26 bits per heavy atom. The van der Waals surface area contributed by atoms with Crippen LogP contribution in [0.5, 0.6) is 0 Å². The highest BCUT2D eigenvalue weighted by Crippen LogP contribution is 2.18. The van der Waals surface area contributed by atoms with Gasteiger partial charge in [-0.1, -0.05) is 18.2 Å². The number of nitrogens with two attached hydrogens (primary N) is 1. The van der Waals surface area contributed by atoms with E-state index in [2.05, 4.69) is 16.4 Å². The van der Waals surface area contributed by atoms with Crippen molar-refractivity contribution in [3.05, 3.63) is 36.1 Å². The number of benzene rings is 1. The van der Waals surface area contributed by atoms with Gasteiger partial charge in [-0.25, -0.2) is 0 Å². The Labute approximate surface area is 112 Å². The second kappa shape index (κ2) is 6.80. The molecule has 3 N–H and O–H groups in total. The van der Waals surface area contributed by atoms with Gasteiger partial charge in [-0.2, -0.15) is 0 Å². The molecule has 0 aliphatic heterocycles. The molecule has 5 nitrogen and oxygen atoms in total. The molecule has 0 radical (unpaired) electrons. The summed E-state index contributed by atoms with van der Waals surface area (Å²) in [5, 5.41) is 4.17. The van der Waals surface area contributed by atoms with Crippen molar-refractivity contribution in [2.75, 3.05) is 26.8 Å². The predicted octanol–water partition coefficient (Wildman–Crippen LogP) is 1.53. The summed E-state index contributed by atoms with van der Waals surface area (Å²) in [5.74, 6) is 1.38. The van der Waals surface area contributed by atoms with Crippen LogP contribution in [-0.4, -0.2) is 32.8 Å². The third-order valence-electron chi connectivity index (χ3n) is 2.73. The lowest BCUT2D eigenvalue weighted by atomic mass is 10.2. The lowest BCUT2D eigenvalue weighted by Crippen LogP contribution is -2.33. The van der Waals surface area contributed by atoms with Crippen molar-refractivity contribution in [2.45, 2.75) is 6.42 Å². The van der Waals surface area contributed by atoms with E-state index < -0.39 is 0 Å². The zero-order chi connectivity index (χ0) is 13.5. The van der Waals surface area contributed by atoms with Crippen LogP contribution in [0.15, 0.2) is 39.7 Å². The van der Waals surface area contributed by atoms with Crippen LogP contribution in [0.3, 0.4) is 0 Å². The number of fused-ring (bicyclic) bond motifs is 1.